The van der Waals surface area contributed by atoms with Gasteiger partial charge in [-0.25, -0.2) is 9.59 Å². The van der Waals surface area contributed by atoms with Crippen molar-refractivity contribution in [2.45, 2.75) is 37.3 Å². The molecule has 2 aromatic rings. The smallest absolute Gasteiger partial charge is 0.342 e. The summed E-state index contributed by atoms with van der Waals surface area (Å²) in [5, 5.41) is 51.6. The molecule has 1 fully saturated rings. The van der Waals surface area contributed by atoms with Crippen LogP contribution in [0.15, 0.2) is 42.5 Å². The monoisotopic (exact) mass is 453 g/mol. The summed E-state index contributed by atoms with van der Waals surface area (Å²) in [4.78, 5) is 23.9. The van der Waals surface area contributed by atoms with Crippen LogP contribution >= 0.6 is 11.6 Å². The molecule has 1 heterocycles. The lowest BCUT2D eigenvalue weighted by molar-refractivity contribution is -0.278. The van der Waals surface area contributed by atoms with E-state index in [4.69, 9.17) is 26.2 Å². The third-order valence-corrected chi connectivity index (χ3v) is 5.08. The zero-order valence-corrected chi connectivity index (χ0v) is 16.6. The lowest BCUT2D eigenvalue weighted by atomic mass is 9.99. The minimum atomic E-state index is -1.91. The number of halogens is 1. The van der Waals surface area contributed by atoms with Crippen LogP contribution in [0.1, 0.15) is 15.9 Å². The number of aliphatic hydroxyl groups excluding tert-OH is 4. The molecule has 3 rings (SSSR count). The molecule has 0 spiro atoms. The van der Waals surface area contributed by atoms with Crippen LogP contribution in [-0.2, 0) is 20.9 Å². The van der Waals surface area contributed by atoms with Crippen LogP contribution in [0, 0.1) is 0 Å². The Hall–Kier alpha value is -2.73. The fraction of sp³-hybridized carbons (Fsp3) is 0.300. The molecule has 2 aromatic carbocycles. The molecule has 1 saturated heterocycles. The molecule has 0 aromatic heterocycles. The molecule has 11 heteroatoms. The van der Waals surface area contributed by atoms with E-state index in [1.165, 1.54) is 6.07 Å². The van der Waals surface area contributed by atoms with Crippen LogP contribution in [-0.4, -0.2) is 68.2 Å². The van der Waals surface area contributed by atoms with Crippen molar-refractivity contribution in [2.24, 2.45) is 0 Å². The number of nitrogens with one attached hydrogen (secondary N) is 1. The van der Waals surface area contributed by atoms with Gasteiger partial charge in [-0.2, -0.15) is 0 Å². The minimum absolute atomic E-state index is 0.00495. The Morgan fingerprint density at radius 3 is 2.35 bits per heavy atom. The van der Waals surface area contributed by atoms with Crippen molar-refractivity contribution in [1.29, 1.82) is 0 Å². The Morgan fingerprint density at radius 2 is 1.68 bits per heavy atom. The molecule has 6 N–H and O–H groups in total. The first-order valence-corrected chi connectivity index (χ1v) is 9.50. The van der Waals surface area contributed by atoms with Crippen LogP contribution in [0.3, 0.4) is 0 Å². The molecule has 0 aliphatic carbocycles. The van der Waals surface area contributed by atoms with Gasteiger partial charge in [0.15, 0.2) is 6.10 Å². The zero-order valence-electron chi connectivity index (χ0n) is 15.9. The van der Waals surface area contributed by atoms with Gasteiger partial charge < -0.3 is 40.3 Å². The highest BCUT2D eigenvalue weighted by Crippen LogP contribution is 2.30. The third-order valence-electron chi connectivity index (χ3n) is 4.73. The first-order chi connectivity index (χ1) is 14.7. The number of aliphatic hydroxyl groups is 4. The molecule has 0 bridgehead atoms. The van der Waals surface area contributed by atoms with E-state index in [9.17, 15) is 30.0 Å². The van der Waals surface area contributed by atoms with E-state index in [2.05, 4.69) is 5.32 Å². The zero-order chi connectivity index (χ0) is 22.7. The number of carbonyl (C=O) groups is 2. The van der Waals surface area contributed by atoms with Gasteiger partial charge >= 0.3 is 11.9 Å². The second kappa shape index (κ2) is 9.60. The van der Waals surface area contributed by atoms with Crippen LogP contribution in [0.25, 0.3) is 0 Å². The fourth-order valence-corrected chi connectivity index (χ4v) is 3.30. The molecule has 1 aliphatic heterocycles. The van der Waals surface area contributed by atoms with E-state index in [-0.39, 0.29) is 17.9 Å². The molecule has 0 amide bonds. The average molecular weight is 454 g/mol. The van der Waals surface area contributed by atoms with Crippen molar-refractivity contribution in [3.05, 3.63) is 58.6 Å². The van der Waals surface area contributed by atoms with Gasteiger partial charge in [0.2, 0.25) is 6.29 Å². The van der Waals surface area contributed by atoms with E-state index >= 15 is 0 Å². The maximum absolute atomic E-state index is 12.7. The van der Waals surface area contributed by atoms with Crippen LogP contribution in [0.2, 0.25) is 5.02 Å². The number of carbonyl (C=O) groups excluding carboxylic acids is 1. The predicted octanol–water partition coefficient (Wildman–Crippen LogP) is 0.625. The predicted molar refractivity (Wildman–Crippen MR) is 107 cm³/mol. The molecule has 5 atom stereocenters. The van der Waals surface area contributed by atoms with Gasteiger partial charge in [-0.15, -0.1) is 0 Å². The number of rotatable bonds is 6. The highest BCUT2D eigenvalue weighted by Gasteiger charge is 2.48. The Kier molecular flexibility index (Phi) is 7.11. The Bertz CT molecular complexity index is 969. The number of ether oxygens (including phenoxy) is 2. The number of hydrogen-bond acceptors (Lipinski definition) is 9. The summed E-state index contributed by atoms with van der Waals surface area (Å²) < 4.78 is 10.1. The maximum Gasteiger partial charge on any atom is 0.342 e. The van der Waals surface area contributed by atoms with Gasteiger partial charge in [-0.1, -0.05) is 29.8 Å². The van der Waals surface area contributed by atoms with E-state index in [1.54, 1.807) is 36.4 Å². The lowest BCUT2D eigenvalue weighted by Gasteiger charge is -2.38. The van der Waals surface area contributed by atoms with Gasteiger partial charge in [0.1, 0.15) is 18.3 Å². The summed E-state index contributed by atoms with van der Waals surface area (Å²) in [6.07, 6.45) is -9.42. The molecule has 166 valence electrons. The van der Waals surface area contributed by atoms with Crippen LogP contribution in [0.5, 0.6) is 0 Å². The summed E-state index contributed by atoms with van der Waals surface area (Å²) in [5.74, 6) is -2.59. The average Bonchev–Trinajstić information content (AvgIpc) is 2.74. The van der Waals surface area contributed by atoms with Crippen molar-refractivity contribution in [3.8, 4) is 0 Å². The standard InChI is InChI=1S/C20H20ClNO9/c21-11-5-3-7-13(10(11)8-23)22-12-6-2-1-4-9(12)19(29)31-20-16(26)14(24)15(25)17(30-20)18(27)28/h1-7,14-17,20,22-26H,8H2,(H,27,28)/t14-,15-,16+,17-,20-/m0/s1. The summed E-state index contributed by atoms with van der Waals surface area (Å²) in [5.41, 5.74) is 1.10. The fourth-order valence-electron chi connectivity index (χ4n) is 3.07. The summed E-state index contributed by atoms with van der Waals surface area (Å²) in [6.45, 7) is -0.354. The molecule has 0 saturated carbocycles. The third kappa shape index (κ3) is 4.79. The summed E-state index contributed by atoms with van der Waals surface area (Å²) in [7, 11) is 0. The Balaban J connectivity index is 1.84. The maximum atomic E-state index is 12.7. The number of carboxylic acids is 1. The number of anilines is 2. The van der Waals surface area contributed by atoms with Crippen molar-refractivity contribution >= 4 is 34.9 Å². The number of para-hydroxylation sites is 1. The van der Waals surface area contributed by atoms with Gasteiger partial charge in [0, 0.05) is 16.3 Å². The van der Waals surface area contributed by atoms with Gasteiger partial charge in [-0.3, -0.25) is 0 Å². The van der Waals surface area contributed by atoms with E-state index in [1.807, 2.05) is 0 Å². The number of hydrogen-bond donors (Lipinski definition) is 6. The molecule has 0 unspecified atom stereocenters. The highest BCUT2D eigenvalue weighted by atomic mass is 35.5. The summed E-state index contributed by atoms with van der Waals surface area (Å²) in [6, 6.07) is 11.0. The highest BCUT2D eigenvalue weighted by molar-refractivity contribution is 6.31. The van der Waals surface area contributed by atoms with Crippen molar-refractivity contribution in [1.82, 2.24) is 0 Å². The van der Waals surface area contributed by atoms with E-state index < -0.39 is 42.6 Å². The first-order valence-electron chi connectivity index (χ1n) is 9.12. The second-order valence-corrected chi connectivity index (χ2v) is 7.14. The van der Waals surface area contributed by atoms with Crippen LogP contribution < -0.4 is 5.32 Å². The van der Waals surface area contributed by atoms with Crippen molar-refractivity contribution in [2.75, 3.05) is 5.32 Å². The number of benzene rings is 2. The number of carboxylic acid groups (broad SMARTS) is 1. The first kappa shape index (κ1) is 22.9. The second-order valence-electron chi connectivity index (χ2n) is 6.74. The van der Waals surface area contributed by atoms with E-state index in [0.29, 0.717) is 16.3 Å². The molecule has 31 heavy (non-hydrogen) atoms. The molecule has 0 radical (unpaired) electrons. The number of esters is 1. The topological polar surface area (TPSA) is 166 Å². The normalized spacial score (nSPS) is 25.6. The quantitative estimate of drug-likeness (QED) is 0.341. The van der Waals surface area contributed by atoms with Gasteiger partial charge in [0.25, 0.3) is 0 Å². The van der Waals surface area contributed by atoms with Gasteiger partial charge in [0.05, 0.1) is 17.9 Å². The Morgan fingerprint density at radius 1 is 1.00 bits per heavy atom. The van der Waals surface area contributed by atoms with E-state index in [0.717, 1.165) is 0 Å². The molecular weight excluding hydrogens is 434 g/mol. The Labute approximate surface area is 181 Å². The number of aliphatic carboxylic acids is 1. The minimum Gasteiger partial charge on any atom is -0.479 e. The molecular formula is C20H20ClNO9. The SMILES string of the molecule is O=C(O[C@@H]1O[C@H](C(=O)O)[C@@H](O)[C@H](O)[C@H]1O)c1ccccc1Nc1cccc(Cl)c1CO. The lowest BCUT2D eigenvalue weighted by Crippen LogP contribution is -2.60. The van der Waals surface area contributed by atoms with Crippen molar-refractivity contribution < 1.29 is 44.6 Å². The van der Waals surface area contributed by atoms with Crippen molar-refractivity contribution in [3.63, 3.8) is 0 Å². The summed E-state index contributed by atoms with van der Waals surface area (Å²) >= 11 is 6.08. The molecule has 1 aliphatic rings. The van der Waals surface area contributed by atoms with Gasteiger partial charge in [-0.05, 0) is 24.3 Å². The largest absolute Gasteiger partial charge is 0.479 e. The van der Waals surface area contributed by atoms with Crippen LogP contribution in [0.4, 0.5) is 11.4 Å². The molecule has 10 nitrogen and oxygen atoms in total.